The van der Waals surface area contributed by atoms with E-state index in [1.54, 1.807) is 37.4 Å². The highest BCUT2D eigenvalue weighted by molar-refractivity contribution is 5.90. The van der Waals surface area contributed by atoms with Crippen LogP contribution in [0.4, 0.5) is 5.69 Å². The zero-order valence-electron chi connectivity index (χ0n) is 11.2. The van der Waals surface area contributed by atoms with E-state index in [1.807, 2.05) is 18.2 Å². The van der Waals surface area contributed by atoms with Crippen molar-refractivity contribution in [1.29, 1.82) is 0 Å². The minimum Gasteiger partial charge on any atom is -0.488 e. The Kier molecular flexibility index (Phi) is 4.55. The number of nitrogens with zero attached hydrogens (tertiary/aromatic N) is 1. The van der Waals surface area contributed by atoms with Crippen LogP contribution >= 0.6 is 0 Å². The van der Waals surface area contributed by atoms with Crippen molar-refractivity contribution in [2.45, 2.75) is 13.5 Å². The van der Waals surface area contributed by atoms with E-state index in [0.29, 0.717) is 12.3 Å². The molecule has 20 heavy (non-hydrogen) atoms. The van der Waals surface area contributed by atoms with Gasteiger partial charge in [-0.15, -0.1) is 0 Å². The molecular weight excluding hydrogens is 256 g/mol. The number of hydrogen-bond donors (Lipinski definition) is 1. The molecule has 5 heteroatoms. The van der Waals surface area contributed by atoms with Crippen LogP contribution in [0.3, 0.4) is 0 Å². The number of para-hydroxylation sites is 1. The zero-order valence-corrected chi connectivity index (χ0v) is 11.2. The van der Waals surface area contributed by atoms with Crippen LogP contribution in [-0.4, -0.2) is 17.1 Å². The van der Waals surface area contributed by atoms with Crippen LogP contribution in [-0.2, 0) is 11.3 Å². The molecule has 0 fully saturated rings. The summed E-state index contributed by atoms with van der Waals surface area (Å²) < 4.78 is 6.53. The van der Waals surface area contributed by atoms with Crippen molar-refractivity contribution in [2.24, 2.45) is 0 Å². The van der Waals surface area contributed by atoms with Crippen molar-refractivity contribution in [3.05, 3.63) is 59.0 Å². The third-order valence-electron chi connectivity index (χ3n) is 2.66. The lowest BCUT2D eigenvalue weighted by molar-refractivity contribution is -0.116. The molecule has 0 aliphatic rings. The topological polar surface area (TPSA) is 60.3 Å². The van der Waals surface area contributed by atoms with Gasteiger partial charge in [-0.05, 0) is 31.2 Å². The number of hydrogen-bond acceptors (Lipinski definition) is 3. The van der Waals surface area contributed by atoms with E-state index in [0.717, 1.165) is 0 Å². The van der Waals surface area contributed by atoms with E-state index < -0.39 is 0 Å². The Bertz CT molecular complexity index is 635. The van der Waals surface area contributed by atoms with Crippen molar-refractivity contribution < 1.29 is 9.53 Å². The number of benzene rings is 1. The molecule has 0 radical (unpaired) electrons. The fourth-order valence-electron chi connectivity index (χ4n) is 1.78. The molecule has 1 amide bonds. The first-order valence-corrected chi connectivity index (χ1v) is 6.38. The summed E-state index contributed by atoms with van der Waals surface area (Å²) >= 11 is 0. The summed E-state index contributed by atoms with van der Waals surface area (Å²) in [5, 5.41) is 2.73. The van der Waals surface area contributed by atoms with Gasteiger partial charge >= 0.3 is 0 Å². The molecule has 0 bridgehead atoms. The van der Waals surface area contributed by atoms with Gasteiger partial charge in [0.1, 0.15) is 6.54 Å². The number of ether oxygens (including phenoxy) is 1. The first-order chi connectivity index (χ1) is 9.70. The predicted octanol–water partition coefficient (Wildman–Crippen LogP) is 1.89. The second-order valence-corrected chi connectivity index (χ2v) is 4.15. The molecule has 0 aliphatic heterocycles. The monoisotopic (exact) mass is 272 g/mol. The lowest BCUT2D eigenvalue weighted by Crippen LogP contribution is -2.27. The number of anilines is 1. The summed E-state index contributed by atoms with van der Waals surface area (Å²) in [6.45, 7) is 2.17. The van der Waals surface area contributed by atoms with Gasteiger partial charge in [0.15, 0.2) is 5.75 Å². The van der Waals surface area contributed by atoms with Crippen LogP contribution in [0.15, 0.2) is 53.5 Å². The smallest absolute Gasteiger partial charge is 0.293 e. The van der Waals surface area contributed by atoms with Crippen molar-refractivity contribution in [2.75, 3.05) is 11.9 Å². The molecule has 0 unspecified atom stereocenters. The number of pyridine rings is 1. The van der Waals surface area contributed by atoms with Crippen molar-refractivity contribution in [1.82, 2.24) is 4.57 Å². The highest BCUT2D eigenvalue weighted by Crippen LogP contribution is 2.05. The van der Waals surface area contributed by atoms with E-state index in [9.17, 15) is 9.59 Å². The number of rotatable bonds is 5. The van der Waals surface area contributed by atoms with Crippen LogP contribution in [0.25, 0.3) is 0 Å². The predicted molar refractivity (Wildman–Crippen MR) is 76.9 cm³/mol. The molecule has 1 N–H and O–H groups in total. The molecule has 5 nitrogen and oxygen atoms in total. The van der Waals surface area contributed by atoms with Crippen LogP contribution in [0, 0.1) is 0 Å². The third kappa shape index (κ3) is 3.47. The molecular formula is C15H16N2O3. The number of aromatic nitrogens is 1. The molecule has 0 atom stereocenters. The highest BCUT2D eigenvalue weighted by atomic mass is 16.5. The fourth-order valence-corrected chi connectivity index (χ4v) is 1.78. The molecule has 2 aromatic rings. The molecule has 0 saturated carbocycles. The van der Waals surface area contributed by atoms with Gasteiger partial charge in [0, 0.05) is 11.9 Å². The maximum atomic E-state index is 12.0. The standard InChI is InChI=1S/C15H16N2O3/c1-2-20-13-9-6-10-17(15(13)19)11-14(18)16-12-7-4-3-5-8-12/h3-10H,2,11H2,1H3,(H,16,18). The Morgan fingerprint density at radius 1 is 1.20 bits per heavy atom. The average Bonchev–Trinajstić information content (AvgIpc) is 2.44. The van der Waals surface area contributed by atoms with E-state index in [2.05, 4.69) is 5.32 Å². The molecule has 0 saturated heterocycles. The summed E-state index contributed by atoms with van der Waals surface area (Å²) in [7, 11) is 0. The van der Waals surface area contributed by atoms with Gasteiger partial charge in [0.25, 0.3) is 5.56 Å². The first kappa shape index (κ1) is 13.9. The quantitative estimate of drug-likeness (QED) is 0.904. The van der Waals surface area contributed by atoms with Gasteiger partial charge in [-0.1, -0.05) is 18.2 Å². The van der Waals surface area contributed by atoms with Crippen LogP contribution in [0.5, 0.6) is 5.75 Å². The Labute approximate surface area is 116 Å². The number of carbonyl (C=O) groups is 1. The van der Waals surface area contributed by atoms with Gasteiger partial charge in [0.05, 0.1) is 6.61 Å². The lowest BCUT2D eigenvalue weighted by atomic mass is 10.3. The normalized spacial score (nSPS) is 10.1. The number of carbonyl (C=O) groups excluding carboxylic acids is 1. The van der Waals surface area contributed by atoms with E-state index >= 15 is 0 Å². The van der Waals surface area contributed by atoms with Gasteiger partial charge in [0.2, 0.25) is 5.91 Å². The molecule has 1 aromatic carbocycles. The van der Waals surface area contributed by atoms with E-state index in [4.69, 9.17) is 4.74 Å². The molecule has 0 spiro atoms. The van der Waals surface area contributed by atoms with E-state index in [1.165, 1.54) is 4.57 Å². The van der Waals surface area contributed by atoms with Crippen molar-refractivity contribution in [3.63, 3.8) is 0 Å². The summed E-state index contributed by atoms with van der Waals surface area (Å²) in [5.41, 5.74) is 0.393. The second-order valence-electron chi connectivity index (χ2n) is 4.15. The average molecular weight is 272 g/mol. The largest absolute Gasteiger partial charge is 0.488 e. The maximum Gasteiger partial charge on any atom is 0.293 e. The van der Waals surface area contributed by atoms with Crippen LogP contribution < -0.4 is 15.6 Å². The van der Waals surface area contributed by atoms with Gasteiger partial charge in [-0.3, -0.25) is 9.59 Å². The lowest BCUT2D eigenvalue weighted by Gasteiger charge is -2.09. The van der Waals surface area contributed by atoms with Gasteiger partial charge in [-0.25, -0.2) is 0 Å². The van der Waals surface area contributed by atoms with Crippen molar-refractivity contribution >= 4 is 11.6 Å². The Hall–Kier alpha value is -2.56. The van der Waals surface area contributed by atoms with Crippen molar-refractivity contribution in [3.8, 4) is 5.75 Å². The SMILES string of the molecule is CCOc1cccn(CC(=O)Nc2ccccc2)c1=O. The summed E-state index contributed by atoms with van der Waals surface area (Å²) in [6, 6.07) is 12.4. The minimum atomic E-state index is -0.308. The second kappa shape index (κ2) is 6.56. The fraction of sp³-hybridized carbons (Fsp3) is 0.200. The maximum absolute atomic E-state index is 12.0. The summed E-state index contributed by atoms with van der Waals surface area (Å²) in [4.78, 5) is 23.9. The molecule has 1 heterocycles. The van der Waals surface area contributed by atoms with Gasteiger partial charge < -0.3 is 14.6 Å². The van der Waals surface area contributed by atoms with Crippen LogP contribution in [0.2, 0.25) is 0 Å². The summed E-state index contributed by atoms with van der Waals surface area (Å²) in [6.07, 6.45) is 1.56. The van der Waals surface area contributed by atoms with Gasteiger partial charge in [-0.2, -0.15) is 0 Å². The van der Waals surface area contributed by atoms with E-state index in [-0.39, 0.29) is 23.8 Å². The Balaban J connectivity index is 2.08. The number of nitrogens with one attached hydrogen (secondary N) is 1. The minimum absolute atomic E-state index is 0.0470. The molecule has 0 aliphatic carbocycles. The highest BCUT2D eigenvalue weighted by Gasteiger charge is 2.08. The van der Waals surface area contributed by atoms with Crippen LogP contribution in [0.1, 0.15) is 6.92 Å². The Morgan fingerprint density at radius 3 is 2.65 bits per heavy atom. The first-order valence-electron chi connectivity index (χ1n) is 6.38. The zero-order chi connectivity index (χ0) is 14.4. The Morgan fingerprint density at radius 2 is 1.95 bits per heavy atom. The third-order valence-corrected chi connectivity index (χ3v) is 2.66. The number of amides is 1. The molecule has 2 rings (SSSR count). The molecule has 104 valence electrons. The molecule has 1 aromatic heterocycles. The summed E-state index contributed by atoms with van der Waals surface area (Å²) in [5.74, 6) is -0.00513.